The molecule has 1 N–H and O–H groups in total. The first-order chi connectivity index (χ1) is 12.7. The SMILES string of the molecule is CNCC1CCN(C(=O)C(C)Oc2ccc(-c3ccccc3)cc2)CC1.Cl. The average molecular weight is 389 g/mol. The fourth-order valence-electron chi connectivity index (χ4n) is 3.51. The Morgan fingerprint density at radius 2 is 1.67 bits per heavy atom. The van der Waals surface area contributed by atoms with Crippen LogP contribution in [0.5, 0.6) is 5.75 Å². The summed E-state index contributed by atoms with van der Waals surface area (Å²) in [6.45, 7) is 4.52. The molecule has 1 aliphatic heterocycles. The summed E-state index contributed by atoms with van der Waals surface area (Å²) >= 11 is 0. The molecule has 146 valence electrons. The Labute approximate surface area is 168 Å². The van der Waals surface area contributed by atoms with Crippen molar-refractivity contribution in [2.24, 2.45) is 5.92 Å². The molecule has 1 heterocycles. The highest BCUT2D eigenvalue weighted by Crippen LogP contribution is 2.23. The first-order valence-electron chi connectivity index (χ1n) is 9.43. The van der Waals surface area contributed by atoms with E-state index in [4.69, 9.17) is 4.74 Å². The minimum absolute atomic E-state index is 0. The molecule has 1 unspecified atom stereocenters. The summed E-state index contributed by atoms with van der Waals surface area (Å²) in [6, 6.07) is 18.2. The number of carbonyl (C=O) groups is 1. The number of ether oxygens (including phenoxy) is 1. The summed E-state index contributed by atoms with van der Waals surface area (Å²) in [5.74, 6) is 1.49. The molecule has 1 fully saturated rings. The lowest BCUT2D eigenvalue weighted by Crippen LogP contribution is -2.45. The minimum Gasteiger partial charge on any atom is -0.481 e. The Kier molecular flexibility index (Phi) is 8.14. The van der Waals surface area contributed by atoms with E-state index in [9.17, 15) is 4.79 Å². The molecular formula is C22H29ClN2O2. The summed E-state index contributed by atoms with van der Waals surface area (Å²) in [5, 5.41) is 3.23. The van der Waals surface area contributed by atoms with Gasteiger partial charge in [-0.25, -0.2) is 0 Å². The molecule has 0 saturated carbocycles. The van der Waals surface area contributed by atoms with Crippen LogP contribution >= 0.6 is 12.4 Å². The fraction of sp³-hybridized carbons (Fsp3) is 0.409. The van der Waals surface area contributed by atoms with Gasteiger partial charge in [0.1, 0.15) is 5.75 Å². The highest BCUT2D eigenvalue weighted by molar-refractivity contribution is 5.85. The van der Waals surface area contributed by atoms with E-state index in [-0.39, 0.29) is 18.3 Å². The number of carbonyl (C=O) groups excluding carboxylic acids is 1. The zero-order chi connectivity index (χ0) is 18.4. The summed E-state index contributed by atoms with van der Waals surface area (Å²) in [5.41, 5.74) is 2.32. The van der Waals surface area contributed by atoms with Crippen molar-refractivity contribution in [2.75, 3.05) is 26.7 Å². The molecule has 4 nitrogen and oxygen atoms in total. The number of halogens is 1. The molecule has 1 aliphatic rings. The lowest BCUT2D eigenvalue weighted by Gasteiger charge is -2.33. The molecule has 2 aromatic rings. The first kappa shape index (κ1) is 21.3. The van der Waals surface area contributed by atoms with Crippen LogP contribution in [0.3, 0.4) is 0 Å². The Bertz CT molecular complexity index is 698. The molecule has 1 atom stereocenters. The lowest BCUT2D eigenvalue weighted by atomic mass is 9.96. The van der Waals surface area contributed by atoms with Crippen LogP contribution in [0.25, 0.3) is 11.1 Å². The lowest BCUT2D eigenvalue weighted by molar-refractivity contribution is -0.139. The molecule has 3 rings (SSSR count). The highest BCUT2D eigenvalue weighted by atomic mass is 35.5. The molecule has 0 radical (unpaired) electrons. The van der Waals surface area contributed by atoms with E-state index in [2.05, 4.69) is 17.4 Å². The number of hydrogen-bond donors (Lipinski definition) is 1. The van der Waals surface area contributed by atoms with Gasteiger partial charge in [-0.1, -0.05) is 42.5 Å². The van der Waals surface area contributed by atoms with Crippen molar-refractivity contribution in [3.05, 3.63) is 54.6 Å². The zero-order valence-electron chi connectivity index (χ0n) is 16.1. The molecule has 1 saturated heterocycles. The van der Waals surface area contributed by atoms with Gasteiger partial charge in [0.15, 0.2) is 6.10 Å². The summed E-state index contributed by atoms with van der Waals surface area (Å²) in [6.07, 6.45) is 1.66. The van der Waals surface area contributed by atoms with E-state index in [0.29, 0.717) is 5.92 Å². The fourth-order valence-corrected chi connectivity index (χ4v) is 3.51. The molecule has 0 aliphatic carbocycles. The van der Waals surface area contributed by atoms with Gasteiger partial charge in [-0.05, 0) is 62.5 Å². The highest BCUT2D eigenvalue weighted by Gasteiger charge is 2.26. The van der Waals surface area contributed by atoms with Gasteiger partial charge in [-0.15, -0.1) is 12.4 Å². The molecule has 1 amide bonds. The van der Waals surface area contributed by atoms with Gasteiger partial charge in [0, 0.05) is 13.1 Å². The Morgan fingerprint density at radius 3 is 2.26 bits per heavy atom. The van der Waals surface area contributed by atoms with Crippen molar-refractivity contribution in [3.8, 4) is 16.9 Å². The number of likely N-dealkylation sites (tertiary alicyclic amines) is 1. The maximum Gasteiger partial charge on any atom is 0.263 e. The van der Waals surface area contributed by atoms with Gasteiger partial charge >= 0.3 is 0 Å². The van der Waals surface area contributed by atoms with E-state index in [0.717, 1.165) is 43.8 Å². The van der Waals surface area contributed by atoms with Crippen molar-refractivity contribution in [1.29, 1.82) is 0 Å². The van der Waals surface area contributed by atoms with E-state index in [1.807, 2.05) is 61.3 Å². The maximum absolute atomic E-state index is 12.6. The molecule has 0 aromatic heterocycles. The topological polar surface area (TPSA) is 41.6 Å². The van der Waals surface area contributed by atoms with Gasteiger partial charge in [0.25, 0.3) is 5.91 Å². The van der Waals surface area contributed by atoms with Crippen LogP contribution in [0, 0.1) is 5.92 Å². The maximum atomic E-state index is 12.6. The normalized spacial score (nSPS) is 15.7. The zero-order valence-corrected chi connectivity index (χ0v) is 16.9. The van der Waals surface area contributed by atoms with Crippen LogP contribution in [0.15, 0.2) is 54.6 Å². The van der Waals surface area contributed by atoms with Gasteiger partial charge in [0.05, 0.1) is 0 Å². The second-order valence-electron chi connectivity index (χ2n) is 6.98. The number of amides is 1. The Morgan fingerprint density at radius 1 is 1.07 bits per heavy atom. The largest absolute Gasteiger partial charge is 0.481 e. The second kappa shape index (κ2) is 10.3. The monoisotopic (exact) mass is 388 g/mol. The van der Waals surface area contributed by atoms with Gasteiger partial charge in [-0.3, -0.25) is 4.79 Å². The third kappa shape index (κ3) is 5.72. The van der Waals surface area contributed by atoms with Gasteiger partial charge in [0.2, 0.25) is 0 Å². The Hall–Kier alpha value is -2.04. The van der Waals surface area contributed by atoms with Crippen molar-refractivity contribution in [2.45, 2.75) is 25.9 Å². The van der Waals surface area contributed by atoms with Crippen LogP contribution in [0.2, 0.25) is 0 Å². The van der Waals surface area contributed by atoms with Crippen LogP contribution in [0.1, 0.15) is 19.8 Å². The standard InChI is InChI=1S/C22H28N2O2.ClH/c1-17(22(25)24-14-12-18(13-15-24)16-23-2)26-21-10-8-20(9-11-21)19-6-4-3-5-7-19;/h3-11,17-18,23H,12-16H2,1-2H3;1H. The average Bonchev–Trinajstić information content (AvgIpc) is 2.69. The van der Waals surface area contributed by atoms with E-state index in [1.54, 1.807) is 0 Å². The number of benzene rings is 2. The molecule has 27 heavy (non-hydrogen) atoms. The first-order valence-corrected chi connectivity index (χ1v) is 9.43. The van der Waals surface area contributed by atoms with Crippen molar-refractivity contribution < 1.29 is 9.53 Å². The summed E-state index contributed by atoms with van der Waals surface area (Å²) in [4.78, 5) is 14.6. The number of rotatable bonds is 6. The predicted octanol–water partition coefficient (Wildman–Crippen LogP) is 4.00. The molecule has 0 spiro atoms. The number of nitrogens with one attached hydrogen (secondary N) is 1. The quantitative estimate of drug-likeness (QED) is 0.813. The van der Waals surface area contributed by atoms with E-state index in [1.165, 1.54) is 5.56 Å². The number of piperidine rings is 1. The van der Waals surface area contributed by atoms with Crippen LogP contribution in [0.4, 0.5) is 0 Å². The number of hydrogen-bond acceptors (Lipinski definition) is 3. The van der Waals surface area contributed by atoms with Crippen molar-refractivity contribution in [3.63, 3.8) is 0 Å². The van der Waals surface area contributed by atoms with E-state index < -0.39 is 6.10 Å². The predicted molar refractivity (Wildman–Crippen MR) is 112 cm³/mol. The minimum atomic E-state index is -0.460. The molecule has 5 heteroatoms. The number of nitrogens with zero attached hydrogens (tertiary/aromatic N) is 1. The van der Waals surface area contributed by atoms with Crippen LogP contribution < -0.4 is 10.1 Å². The third-order valence-corrected chi connectivity index (χ3v) is 5.04. The van der Waals surface area contributed by atoms with E-state index >= 15 is 0 Å². The van der Waals surface area contributed by atoms with Gasteiger partial charge < -0.3 is 15.0 Å². The van der Waals surface area contributed by atoms with Crippen LogP contribution in [-0.4, -0.2) is 43.6 Å². The third-order valence-electron chi connectivity index (χ3n) is 5.04. The van der Waals surface area contributed by atoms with Crippen molar-refractivity contribution >= 4 is 18.3 Å². The van der Waals surface area contributed by atoms with Crippen molar-refractivity contribution in [1.82, 2.24) is 10.2 Å². The summed E-state index contributed by atoms with van der Waals surface area (Å²) in [7, 11) is 1.98. The molecule has 0 bridgehead atoms. The molecular weight excluding hydrogens is 360 g/mol. The summed E-state index contributed by atoms with van der Waals surface area (Å²) < 4.78 is 5.89. The van der Waals surface area contributed by atoms with Crippen LogP contribution in [-0.2, 0) is 4.79 Å². The second-order valence-corrected chi connectivity index (χ2v) is 6.98. The Balaban J connectivity index is 0.00000261. The van der Waals surface area contributed by atoms with Gasteiger partial charge in [-0.2, -0.15) is 0 Å². The molecule has 2 aromatic carbocycles. The smallest absolute Gasteiger partial charge is 0.263 e.